The fourth-order valence-corrected chi connectivity index (χ4v) is 1.71. The average Bonchev–Trinajstić information content (AvgIpc) is 2.39. The maximum Gasteiger partial charge on any atom is 0.305 e. The predicted octanol–water partition coefficient (Wildman–Crippen LogP) is 2.94. The fourth-order valence-electron chi connectivity index (χ4n) is 1.71. The highest BCUT2D eigenvalue weighted by Crippen LogP contribution is 2.01. The zero-order chi connectivity index (χ0) is 15.2. The molecule has 126 valence electrons. The largest absolute Gasteiger partial charge is 0.466 e. The van der Waals surface area contributed by atoms with Gasteiger partial charge in [-0.2, -0.15) is 0 Å². The van der Waals surface area contributed by atoms with Crippen LogP contribution in [0.15, 0.2) is 4.99 Å². The highest BCUT2D eigenvalue weighted by atomic mass is 127. The number of ether oxygens (including phenoxy) is 1. The lowest BCUT2D eigenvalue weighted by Crippen LogP contribution is -2.38. The number of nitrogens with zero attached hydrogens (tertiary/aromatic N) is 1. The molecule has 2 N–H and O–H groups in total. The number of carbonyl (C=O) groups is 1. The van der Waals surface area contributed by atoms with E-state index in [0.717, 1.165) is 37.8 Å². The van der Waals surface area contributed by atoms with E-state index in [9.17, 15) is 4.79 Å². The predicted molar refractivity (Wildman–Crippen MR) is 99.3 cm³/mol. The Hall–Kier alpha value is -0.530. The lowest BCUT2D eigenvalue weighted by atomic mass is 10.1. The van der Waals surface area contributed by atoms with Gasteiger partial charge in [-0.3, -0.25) is 9.79 Å². The first kappa shape index (κ1) is 22.7. The Bertz CT molecular complexity index is 284. The van der Waals surface area contributed by atoms with Gasteiger partial charge in [0.1, 0.15) is 0 Å². The Morgan fingerprint density at radius 2 is 1.90 bits per heavy atom. The Kier molecular flexibility index (Phi) is 17.2. The van der Waals surface area contributed by atoms with Crippen molar-refractivity contribution in [2.24, 2.45) is 10.9 Å². The summed E-state index contributed by atoms with van der Waals surface area (Å²) in [5, 5.41) is 6.52. The molecular weight excluding hydrogens is 381 g/mol. The number of esters is 1. The highest BCUT2D eigenvalue weighted by molar-refractivity contribution is 14.0. The minimum atomic E-state index is -0.141. The van der Waals surface area contributed by atoms with Gasteiger partial charge >= 0.3 is 5.97 Å². The van der Waals surface area contributed by atoms with Crippen molar-refractivity contribution in [1.29, 1.82) is 0 Å². The zero-order valence-electron chi connectivity index (χ0n) is 13.9. The number of guanidine groups is 1. The molecule has 6 heteroatoms. The molecule has 0 aliphatic heterocycles. The molecule has 0 unspecified atom stereocenters. The summed E-state index contributed by atoms with van der Waals surface area (Å²) in [6.07, 6.45) is 3.52. The number of rotatable bonds is 10. The summed E-state index contributed by atoms with van der Waals surface area (Å²) in [6, 6.07) is 0. The molecule has 0 aliphatic carbocycles. The summed E-state index contributed by atoms with van der Waals surface area (Å²) >= 11 is 0. The first-order chi connectivity index (χ1) is 9.60. The van der Waals surface area contributed by atoms with Crippen molar-refractivity contribution in [3.8, 4) is 0 Å². The van der Waals surface area contributed by atoms with E-state index in [2.05, 4.69) is 29.5 Å². The van der Waals surface area contributed by atoms with Crippen LogP contribution in [0.1, 0.15) is 53.4 Å². The van der Waals surface area contributed by atoms with E-state index in [-0.39, 0.29) is 29.9 Å². The maximum absolute atomic E-state index is 11.2. The third-order valence-electron chi connectivity index (χ3n) is 2.71. The van der Waals surface area contributed by atoms with E-state index >= 15 is 0 Å². The fraction of sp³-hybridized carbons (Fsp3) is 0.867. The first-order valence-electron chi connectivity index (χ1n) is 7.77. The SMILES string of the molecule is CCNC(=NCCCC(=O)OCC)NCCCC(C)C.I. The molecule has 0 aromatic rings. The number of halogens is 1. The van der Waals surface area contributed by atoms with E-state index in [1.807, 2.05) is 13.8 Å². The van der Waals surface area contributed by atoms with E-state index in [1.165, 1.54) is 6.42 Å². The molecule has 0 amide bonds. The van der Waals surface area contributed by atoms with E-state index in [4.69, 9.17) is 4.74 Å². The minimum absolute atomic E-state index is 0. The topological polar surface area (TPSA) is 62.7 Å². The van der Waals surface area contributed by atoms with Gasteiger partial charge in [-0.15, -0.1) is 24.0 Å². The van der Waals surface area contributed by atoms with Gasteiger partial charge in [0.2, 0.25) is 0 Å². The molecule has 0 aromatic heterocycles. The standard InChI is InChI=1S/C15H31N3O2.HI/c1-5-16-15(17-11-7-9-13(3)4)18-12-8-10-14(19)20-6-2;/h13H,5-12H2,1-4H3,(H2,16,17,18);1H. The molecule has 5 nitrogen and oxygen atoms in total. The third-order valence-corrected chi connectivity index (χ3v) is 2.71. The second-order valence-corrected chi connectivity index (χ2v) is 5.13. The maximum atomic E-state index is 11.2. The van der Waals surface area contributed by atoms with Crippen molar-refractivity contribution in [1.82, 2.24) is 10.6 Å². The molecule has 0 atom stereocenters. The quantitative estimate of drug-likeness (QED) is 0.190. The Labute approximate surface area is 146 Å². The van der Waals surface area contributed by atoms with Crippen molar-refractivity contribution < 1.29 is 9.53 Å². The van der Waals surface area contributed by atoms with Crippen LogP contribution in [0.4, 0.5) is 0 Å². The van der Waals surface area contributed by atoms with E-state index in [1.54, 1.807) is 0 Å². The number of nitrogens with one attached hydrogen (secondary N) is 2. The monoisotopic (exact) mass is 413 g/mol. The van der Waals surface area contributed by atoms with Crippen LogP contribution in [0.5, 0.6) is 0 Å². The van der Waals surface area contributed by atoms with Crippen LogP contribution in [0.2, 0.25) is 0 Å². The third kappa shape index (κ3) is 15.7. The summed E-state index contributed by atoms with van der Waals surface area (Å²) in [6.45, 7) is 11.2. The molecule has 21 heavy (non-hydrogen) atoms. The number of carbonyl (C=O) groups excluding carboxylic acids is 1. The van der Waals surface area contributed by atoms with Crippen molar-refractivity contribution in [2.45, 2.75) is 53.4 Å². The van der Waals surface area contributed by atoms with E-state index in [0.29, 0.717) is 19.6 Å². The molecule has 0 bridgehead atoms. The van der Waals surface area contributed by atoms with Gasteiger partial charge in [-0.1, -0.05) is 13.8 Å². The van der Waals surface area contributed by atoms with Crippen LogP contribution in [0.25, 0.3) is 0 Å². The second-order valence-electron chi connectivity index (χ2n) is 5.13. The van der Waals surface area contributed by atoms with Crippen LogP contribution < -0.4 is 10.6 Å². The Morgan fingerprint density at radius 3 is 2.48 bits per heavy atom. The Balaban J connectivity index is 0. The molecular formula is C15H32IN3O2. The van der Waals surface area contributed by atoms with Crippen molar-refractivity contribution in [3.63, 3.8) is 0 Å². The molecule has 0 heterocycles. The molecule has 0 saturated carbocycles. The number of aliphatic imine (C=N–C) groups is 1. The highest BCUT2D eigenvalue weighted by Gasteiger charge is 2.01. The molecule has 0 aromatic carbocycles. The van der Waals surface area contributed by atoms with Gasteiger partial charge in [0.15, 0.2) is 5.96 Å². The summed E-state index contributed by atoms with van der Waals surface area (Å²) in [5.74, 6) is 1.43. The lowest BCUT2D eigenvalue weighted by molar-refractivity contribution is -0.143. The number of hydrogen-bond acceptors (Lipinski definition) is 3. The van der Waals surface area contributed by atoms with Gasteiger partial charge in [0, 0.05) is 26.1 Å². The van der Waals surface area contributed by atoms with Gasteiger partial charge in [-0.25, -0.2) is 0 Å². The van der Waals surface area contributed by atoms with Gasteiger partial charge in [-0.05, 0) is 39.0 Å². The Morgan fingerprint density at radius 1 is 1.19 bits per heavy atom. The minimum Gasteiger partial charge on any atom is -0.466 e. The molecule has 0 saturated heterocycles. The molecule has 0 spiro atoms. The molecule has 0 aliphatic rings. The van der Waals surface area contributed by atoms with Crippen LogP contribution in [-0.2, 0) is 9.53 Å². The summed E-state index contributed by atoms with van der Waals surface area (Å²) in [4.78, 5) is 15.6. The van der Waals surface area contributed by atoms with Gasteiger partial charge < -0.3 is 15.4 Å². The van der Waals surface area contributed by atoms with Crippen LogP contribution >= 0.6 is 24.0 Å². The lowest BCUT2D eigenvalue weighted by Gasteiger charge is -2.11. The zero-order valence-corrected chi connectivity index (χ0v) is 16.2. The summed E-state index contributed by atoms with van der Waals surface area (Å²) in [5.41, 5.74) is 0. The molecule has 0 radical (unpaired) electrons. The van der Waals surface area contributed by atoms with Gasteiger partial charge in [0.25, 0.3) is 0 Å². The van der Waals surface area contributed by atoms with Crippen LogP contribution in [-0.4, -0.2) is 38.2 Å². The van der Waals surface area contributed by atoms with Crippen molar-refractivity contribution in [2.75, 3.05) is 26.2 Å². The number of hydrogen-bond donors (Lipinski definition) is 2. The summed E-state index contributed by atoms with van der Waals surface area (Å²) in [7, 11) is 0. The second kappa shape index (κ2) is 15.9. The van der Waals surface area contributed by atoms with Crippen LogP contribution in [0, 0.1) is 5.92 Å². The first-order valence-corrected chi connectivity index (χ1v) is 7.77. The normalized spacial score (nSPS) is 11.0. The smallest absolute Gasteiger partial charge is 0.305 e. The molecule has 0 fully saturated rings. The average molecular weight is 413 g/mol. The van der Waals surface area contributed by atoms with Crippen molar-refractivity contribution in [3.05, 3.63) is 0 Å². The van der Waals surface area contributed by atoms with E-state index < -0.39 is 0 Å². The van der Waals surface area contributed by atoms with Crippen molar-refractivity contribution >= 4 is 35.9 Å². The van der Waals surface area contributed by atoms with Crippen LogP contribution in [0.3, 0.4) is 0 Å². The van der Waals surface area contributed by atoms with Gasteiger partial charge in [0.05, 0.1) is 6.61 Å². The molecule has 0 rings (SSSR count). The summed E-state index contributed by atoms with van der Waals surface area (Å²) < 4.78 is 4.88.